The normalized spacial score (nSPS) is 11.6. The molecule has 0 rings (SSSR count). The fraction of sp³-hybridized carbons (Fsp3) is 0.857. The number of likely N-dealkylation sites (N-methyl/N-ethyl adjacent to an activating group) is 1. The molecule has 0 spiro atoms. The van der Waals surface area contributed by atoms with Crippen molar-refractivity contribution in [2.24, 2.45) is 10.9 Å². The average Bonchev–Trinajstić information content (AvgIpc) is 2.34. The number of nitrogens with one attached hydrogen (secondary N) is 2. The highest BCUT2D eigenvalue weighted by molar-refractivity contribution is 5.84. The molecule has 0 saturated heterocycles. The van der Waals surface area contributed by atoms with E-state index in [1.54, 1.807) is 19.0 Å². The molecule has 0 saturated carbocycles. The number of nitrogens with zero attached hydrogens (tertiary/aromatic N) is 2. The van der Waals surface area contributed by atoms with Crippen LogP contribution in [0.1, 0.15) is 40.0 Å². The first-order valence-electron chi connectivity index (χ1n) is 7.19. The average molecular weight is 270 g/mol. The topological polar surface area (TPSA) is 56.7 Å². The second kappa shape index (κ2) is 10.6. The number of carbonyl (C=O) groups excluding carboxylic acids is 1. The molecule has 0 fully saturated rings. The van der Waals surface area contributed by atoms with Gasteiger partial charge in [0.2, 0.25) is 5.91 Å². The molecule has 2 N–H and O–H groups in total. The van der Waals surface area contributed by atoms with Crippen LogP contribution in [0.3, 0.4) is 0 Å². The Balaban J connectivity index is 3.97. The van der Waals surface area contributed by atoms with Gasteiger partial charge in [0.05, 0.1) is 0 Å². The molecule has 5 heteroatoms. The SMILES string of the molecule is CCNC(=NCC(=O)N(C)C)NCCCCC(C)C. The van der Waals surface area contributed by atoms with Crippen LogP contribution in [0.2, 0.25) is 0 Å². The standard InChI is InChI=1S/C14H30N4O/c1-6-15-14(17-11-13(19)18(4)5)16-10-8-7-9-12(2)3/h12H,6-11H2,1-5H3,(H2,15,16,17). The maximum atomic E-state index is 11.5. The highest BCUT2D eigenvalue weighted by Gasteiger charge is 2.03. The summed E-state index contributed by atoms with van der Waals surface area (Å²) in [4.78, 5) is 17.3. The molecule has 112 valence electrons. The molecule has 1 amide bonds. The number of aliphatic imine (C=N–C) groups is 1. The molecule has 5 nitrogen and oxygen atoms in total. The van der Waals surface area contributed by atoms with Crippen molar-refractivity contribution in [1.82, 2.24) is 15.5 Å². The summed E-state index contributed by atoms with van der Waals surface area (Å²) < 4.78 is 0. The number of guanidine groups is 1. The van der Waals surface area contributed by atoms with Crippen LogP contribution in [0, 0.1) is 5.92 Å². The molecule has 0 aromatic rings. The zero-order chi connectivity index (χ0) is 14.7. The number of hydrogen-bond acceptors (Lipinski definition) is 2. The highest BCUT2D eigenvalue weighted by atomic mass is 16.2. The Hall–Kier alpha value is -1.26. The zero-order valence-electron chi connectivity index (χ0n) is 13.1. The van der Waals surface area contributed by atoms with Gasteiger partial charge in [0.1, 0.15) is 6.54 Å². The molecule has 0 aliphatic rings. The highest BCUT2D eigenvalue weighted by Crippen LogP contribution is 2.04. The van der Waals surface area contributed by atoms with Gasteiger partial charge in [-0.25, -0.2) is 4.99 Å². The second-order valence-electron chi connectivity index (χ2n) is 5.30. The summed E-state index contributed by atoms with van der Waals surface area (Å²) in [6.45, 7) is 8.39. The lowest BCUT2D eigenvalue weighted by Gasteiger charge is -2.12. The minimum atomic E-state index is 0.0111. The largest absolute Gasteiger partial charge is 0.357 e. The predicted molar refractivity (Wildman–Crippen MR) is 81.4 cm³/mol. The Kier molecular flexibility index (Phi) is 9.94. The molecule has 0 heterocycles. The van der Waals surface area contributed by atoms with Crippen molar-refractivity contribution < 1.29 is 4.79 Å². The van der Waals surface area contributed by atoms with Gasteiger partial charge in [-0.3, -0.25) is 4.79 Å². The van der Waals surface area contributed by atoms with E-state index in [9.17, 15) is 4.79 Å². The first kappa shape index (κ1) is 17.7. The summed E-state index contributed by atoms with van der Waals surface area (Å²) in [5, 5.41) is 6.40. The van der Waals surface area contributed by atoms with Crippen LogP contribution in [0.4, 0.5) is 0 Å². The fourth-order valence-corrected chi connectivity index (χ4v) is 1.51. The third-order valence-corrected chi connectivity index (χ3v) is 2.72. The molecular formula is C14H30N4O. The van der Waals surface area contributed by atoms with Crippen molar-refractivity contribution in [2.75, 3.05) is 33.7 Å². The van der Waals surface area contributed by atoms with Gasteiger partial charge in [-0.2, -0.15) is 0 Å². The van der Waals surface area contributed by atoms with Crippen LogP contribution in [-0.2, 0) is 4.79 Å². The van der Waals surface area contributed by atoms with Gasteiger partial charge in [0.25, 0.3) is 0 Å². The Bertz CT molecular complexity index is 275. The van der Waals surface area contributed by atoms with Crippen LogP contribution in [-0.4, -0.2) is 50.5 Å². The van der Waals surface area contributed by atoms with Crippen LogP contribution < -0.4 is 10.6 Å². The summed E-state index contributed by atoms with van der Waals surface area (Å²) in [6.07, 6.45) is 3.61. The number of carbonyl (C=O) groups is 1. The van der Waals surface area contributed by atoms with E-state index >= 15 is 0 Å². The minimum Gasteiger partial charge on any atom is -0.357 e. The van der Waals surface area contributed by atoms with Crippen molar-refractivity contribution >= 4 is 11.9 Å². The molecule has 0 aliphatic heterocycles. The number of amides is 1. The maximum Gasteiger partial charge on any atom is 0.243 e. The summed E-state index contributed by atoms with van der Waals surface area (Å²) in [6, 6.07) is 0. The van der Waals surface area contributed by atoms with Gasteiger partial charge in [-0.15, -0.1) is 0 Å². The first-order valence-corrected chi connectivity index (χ1v) is 7.19. The summed E-state index contributed by atoms with van der Waals surface area (Å²) >= 11 is 0. The summed E-state index contributed by atoms with van der Waals surface area (Å²) in [7, 11) is 3.48. The molecule has 19 heavy (non-hydrogen) atoms. The maximum absolute atomic E-state index is 11.5. The van der Waals surface area contributed by atoms with Gasteiger partial charge in [-0.05, 0) is 19.3 Å². The van der Waals surface area contributed by atoms with Gasteiger partial charge >= 0.3 is 0 Å². The van der Waals surface area contributed by atoms with E-state index in [4.69, 9.17) is 0 Å². The lowest BCUT2D eigenvalue weighted by Crippen LogP contribution is -2.38. The molecule has 0 radical (unpaired) electrons. The third kappa shape index (κ3) is 10.4. The van der Waals surface area contributed by atoms with Crippen molar-refractivity contribution in [3.63, 3.8) is 0 Å². The molecule has 0 bridgehead atoms. The zero-order valence-corrected chi connectivity index (χ0v) is 13.1. The van der Waals surface area contributed by atoms with Gasteiger partial charge in [-0.1, -0.05) is 26.7 Å². The smallest absolute Gasteiger partial charge is 0.243 e. The van der Waals surface area contributed by atoms with Crippen LogP contribution in [0.15, 0.2) is 4.99 Å². The second-order valence-corrected chi connectivity index (χ2v) is 5.30. The van der Waals surface area contributed by atoms with E-state index in [1.165, 1.54) is 12.8 Å². The Morgan fingerprint density at radius 3 is 2.42 bits per heavy atom. The van der Waals surface area contributed by atoms with E-state index in [1.807, 2.05) is 6.92 Å². The lowest BCUT2D eigenvalue weighted by molar-refractivity contribution is -0.127. The predicted octanol–water partition coefficient (Wildman–Crippen LogP) is 1.46. The quantitative estimate of drug-likeness (QED) is 0.399. The van der Waals surface area contributed by atoms with E-state index in [0.29, 0.717) is 0 Å². The molecule has 0 unspecified atom stereocenters. The molecule has 0 aliphatic carbocycles. The van der Waals surface area contributed by atoms with Crippen LogP contribution in [0.5, 0.6) is 0 Å². The first-order chi connectivity index (χ1) is 8.97. The van der Waals surface area contributed by atoms with Gasteiger partial charge in [0.15, 0.2) is 5.96 Å². The van der Waals surface area contributed by atoms with E-state index in [-0.39, 0.29) is 12.5 Å². The molecule has 0 aromatic heterocycles. The molecular weight excluding hydrogens is 240 g/mol. The number of hydrogen-bond donors (Lipinski definition) is 2. The van der Waals surface area contributed by atoms with Gasteiger partial charge in [0, 0.05) is 27.2 Å². The van der Waals surface area contributed by atoms with Crippen molar-refractivity contribution in [1.29, 1.82) is 0 Å². The molecule has 0 atom stereocenters. The van der Waals surface area contributed by atoms with Crippen LogP contribution in [0.25, 0.3) is 0 Å². The van der Waals surface area contributed by atoms with E-state index in [0.717, 1.165) is 31.4 Å². The fourth-order valence-electron chi connectivity index (χ4n) is 1.51. The lowest BCUT2D eigenvalue weighted by atomic mass is 10.1. The number of unbranched alkanes of at least 4 members (excludes halogenated alkanes) is 1. The van der Waals surface area contributed by atoms with Crippen molar-refractivity contribution in [3.05, 3.63) is 0 Å². The minimum absolute atomic E-state index is 0.0111. The Labute approximate surface area is 117 Å². The Morgan fingerprint density at radius 2 is 1.89 bits per heavy atom. The summed E-state index contributed by atoms with van der Waals surface area (Å²) in [5.74, 6) is 1.50. The third-order valence-electron chi connectivity index (χ3n) is 2.72. The monoisotopic (exact) mass is 270 g/mol. The van der Waals surface area contributed by atoms with E-state index < -0.39 is 0 Å². The van der Waals surface area contributed by atoms with E-state index in [2.05, 4.69) is 29.5 Å². The van der Waals surface area contributed by atoms with Gasteiger partial charge < -0.3 is 15.5 Å². The van der Waals surface area contributed by atoms with Crippen LogP contribution >= 0.6 is 0 Å². The van der Waals surface area contributed by atoms with Crippen molar-refractivity contribution in [2.45, 2.75) is 40.0 Å². The number of rotatable bonds is 8. The summed E-state index contributed by atoms with van der Waals surface area (Å²) in [5.41, 5.74) is 0. The Morgan fingerprint density at radius 1 is 1.21 bits per heavy atom. The van der Waals surface area contributed by atoms with Crippen molar-refractivity contribution in [3.8, 4) is 0 Å². The molecule has 0 aromatic carbocycles.